The maximum Gasteiger partial charge on any atom is 0.240 e. The van der Waals surface area contributed by atoms with Crippen LogP contribution in [-0.2, 0) is 19.6 Å². The smallest absolute Gasteiger partial charge is 0.240 e. The van der Waals surface area contributed by atoms with Crippen LogP contribution in [-0.4, -0.2) is 37.8 Å². The minimum absolute atomic E-state index is 0.00972. The molecule has 0 aliphatic carbocycles. The third-order valence-corrected chi connectivity index (χ3v) is 6.05. The first-order chi connectivity index (χ1) is 10.4. The lowest BCUT2D eigenvalue weighted by Gasteiger charge is -2.10. The van der Waals surface area contributed by atoms with Crippen LogP contribution in [0.5, 0.6) is 0 Å². The number of carbonyl (C=O) groups is 2. The number of rotatable bonds is 6. The molecule has 0 saturated carbocycles. The third-order valence-electron chi connectivity index (χ3n) is 3.04. The van der Waals surface area contributed by atoms with Crippen molar-refractivity contribution < 1.29 is 18.0 Å². The zero-order valence-corrected chi connectivity index (χ0v) is 14.8. The van der Waals surface area contributed by atoms with Gasteiger partial charge in [0.1, 0.15) is 0 Å². The Morgan fingerprint density at radius 3 is 2.59 bits per heavy atom. The minimum Gasteiger partial charge on any atom is -0.345 e. The van der Waals surface area contributed by atoms with Gasteiger partial charge in [-0.25, -0.2) is 13.1 Å². The average molecular weight is 407 g/mol. The van der Waals surface area contributed by atoms with E-state index in [2.05, 4.69) is 26.0 Å². The van der Waals surface area contributed by atoms with Gasteiger partial charge in [0.15, 0.2) is 0 Å². The Bertz CT molecular complexity index is 661. The molecule has 1 saturated heterocycles. The number of carbonyl (C=O) groups excluding carboxylic acids is 2. The zero-order valence-electron chi connectivity index (χ0n) is 11.5. The first kappa shape index (κ1) is 17.5. The van der Waals surface area contributed by atoms with Crippen molar-refractivity contribution in [2.24, 2.45) is 0 Å². The first-order valence-electron chi connectivity index (χ1n) is 6.60. The van der Waals surface area contributed by atoms with E-state index in [4.69, 9.17) is 0 Å². The summed E-state index contributed by atoms with van der Waals surface area (Å²) in [6.07, 6.45) is 0.615. The second-order valence-corrected chi connectivity index (χ2v) is 8.46. The van der Waals surface area contributed by atoms with Gasteiger partial charge in [-0.05, 0) is 30.7 Å². The molecule has 1 aromatic rings. The highest BCUT2D eigenvalue weighted by atomic mass is 79.9. The molecule has 0 radical (unpaired) electrons. The van der Waals surface area contributed by atoms with Crippen LogP contribution < -0.4 is 10.0 Å². The molecule has 120 valence electrons. The van der Waals surface area contributed by atoms with Gasteiger partial charge < -0.3 is 5.32 Å². The Balaban J connectivity index is 1.81. The first-order valence-corrected chi connectivity index (χ1v) is 9.86. The molecule has 1 aliphatic heterocycles. The van der Waals surface area contributed by atoms with Crippen molar-refractivity contribution >= 4 is 48.7 Å². The molecule has 0 bridgehead atoms. The van der Waals surface area contributed by atoms with Crippen LogP contribution in [0.25, 0.3) is 0 Å². The molecule has 9 heteroatoms. The molecule has 1 amide bonds. The normalized spacial score (nSPS) is 18.4. The predicted octanol–water partition coefficient (Wildman–Crippen LogP) is 1.27. The van der Waals surface area contributed by atoms with Gasteiger partial charge in [-0.1, -0.05) is 27.7 Å². The molecule has 2 N–H and O–H groups in total. The lowest BCUT2D eigenvalue weighted by Crippen LogP contribution is -2.38. The van der Waals surface area contributed by atoms with Crippen molar-refractivity contribution in [3.63, 3.8) is 0 Å². The van der Waals surface area contributed by atoms with E-state index in [1.54, 1.807) is 12.1 Å². The van der Waals surface area contributed by atoms with E-state index in [0.29, 0.717) is 12.2 Å². The SMILES string of the molecule is O=C(CCNS(=O)(=O)c1ccc(Br)cc1)N[C@H]1CCSC1=O. The second kappa shape index (κ2) is 7.58. The van der Waals surface area contributed by atoms with Crippen LogP contribution in [0.3, 0.4) is 0 Å². The minimum atomic E-state index is -3.63. The number of sulfonamides is 1. The Morgan fingerprint density at radius 1 is 1.32 bits per heavy atom. The van der Waals surface area contributed by atoms with Crippen molar-refractivity contribution in [3.8, 4) is 0 Å². The molecule has 22 heavy (non-hydrogen) atoms. The zero-order chi connectivity index (χ0) is 16.2. The topological polar surface area (TPSA) is 92.3 Å². The Labute approximate surface area is 141 Å². The number of amides is 1. The molecule has 1 fully saturated rings. The highest BCUT2D eigenvalue weighted by Gasteiger charge is 2.26. The summed E-state index contributed by atoms with van der Waals surface area (Å²) in [7, 11) is -3.63. The van der Waals surface area contributed by atoms with Crippen LogP contribution in [0.15, 0.2) is 33.6 Å². The number of halogens is 1. The summed E-state index contributed by atoms with van der Waals surface area (Å²) in [5, 5.41) is 2.57. The summed E-state index contributed by atoms with van der Waals surface area (Å²) in [4.78, 5) is 23.2. The van der Waals surface area contributed by atoms with E-state index in [0.717, 1.165) is 4.47 Å². The molecular weight excluding hydrogens is 392 g/mol. The third kappa shape index (κ3) is 4.80. The highest BCUT2D eigenvalue weighted by molar-refractivity contribution is 9.10. The number of hydrogen-bond donors (Lipinski definition) is 2. The Kier molecular flexibility index (Phi) is 6.01. The molecule has 1 aliphatic rings. The van der Waals surface area contributed by atoms with Gasteiger partial charge in [-0.2, -0.15) is 0 Å². The van der Waals surface area contributed by atoms with Gasteiger partial charge in [-0.3, -0.25) is 9.59 Å². The Morgan fingerprint density at radius 2 is 2.00 bits per heavy atom. The quantitative estimate of drug-likeness (QED) is 0.741. The van der Waals surface area contributed by atoms with E-state index < -0.39 is 16.1 Å². The van der Waals surface area contributed by atoms with Crippen molar-refractivity contribution in [1.82, 2.24) is 10.0 Å². The Hall–Kier alpha value is -0.900. The van der Waals surface area contributed by atoms with Crippen LogP contribution in [0, 0.1) is 0 Å². The maximum atomic E-state index is 12.0. The molecule has 1 atom stereocenters. The highest BCUT2D eigenvalue weighted by Crippen LogP contribution is 2.19. The number of benzene rings is 1. The monoisotopic (exact) mass is 406 g/mol. The van der Waals surface area contributed by atoms with Gasteiger partial charge in [0.2, 0.25) is 21.0 Å². The van der Waals surface area contributed by atoms with Gasteiger partial charge in [0, 0.05) is 23.2 Å². The summed E-state index contributed by atoms with van der Waals surface area (Å²) in [5.41, 5.74) is 0. The van der Waals surface area contributed by atoms with Crippen molar-refractivity contribution in [1.29, 1.82) is 0 Å². The summed E-state index contributed by atoms with van der Waals surface area (Å²) in [6.45, 7) is -0.0156. The van der Waals surface area contributed by atoms with Gasteiger partial charge in [0.05, 0.1) is 10.9 Å². The van der Waals surface area contributed by atoms with Gasteiger partial charge >= 0.3 is 0 Å². The van der Waals surface area contributed by atoms with E-state index in [-0.39, 0.29) is 28.9 Å². The van der Waals surface area contributed by atoms with Crippen LogP contribution >= 0.6 is 27.7 Å². The molecule has 0 spiro atoms. The fraction of sp³-hybridized carbons (Fsp3) is 0.385. The molecule has 6 nitrogen and oxygen atoms in total. The number of thioether (sulfide) groups is 1. The van der Waals surface area contributed by atoms with Crippen LogP contribution in [0.4, 0.5) is 0 Å². The number of hydrogen-bond acceptors (Lipinski definition) is 5. The van der Waals surface area contributed by atoms with E-state index in [1.807, 2.05) is 0 Å². The summed E-state index contributed by atoms with van der Waals surface area (Å²) in [5.74, 6) is 0.374. The van der Waals surface area contributed by atoms with Crippen molar-refractivity contribution in [2.75, 3.05) is 12.3 Å². The molecular formula is C13H15BrN2O4S2. The standard InChI is InChI=1S/C13H15BrN2O4S2/c14-9-1-3-10(4-2-9)22(19,20)15-7-5-12(17)16-11-6-8-21-13(11)18/h1-4,11,15H,5-8H2,(H,16,17)/t11-/m0/s1. The maximum absolute atomic E-state index is 12.0. The second-order valence-electron chi connectivity index (χ2n) is 4.68. The van der Waals surface area contributed by atoms with Gasteiger partial charge in [-0.15, -0.1) is 0 Å². The lowest BCUT2D eigenvalue weighted by molar-refractivity contribution is -0.124. The van der Waals surface area contributed by atoms with Crippen molar-refractivity contribution in [2.45, 2.75) is 23.8 Å². The lowest BCUT2D eigenvalue weighted by atomic mass is 10.2. The van der Waals surface area contributed by atoms with E-state index >= 15 is 0 Å². The van der Waals surface area contributed by atoms with Crippen LogP contribution in [0.2, 0.25) is 0 Å². The molecule has 0 aromatic heterocycles. The molecule has 0 unspecified atom stereocenters. The van der Waals surface area contributed by atoms with E-state index in [9.17, 15) is 18.0 Å². The molecule has 2 rings (SSSR count). The van der Waals surface area contributed by atoms with E-state index in [1.165, 1.54) is 23.9 Å². The van der Waals surface area contributed by atoms with Crippen LogP contribution in [0.1, 0.15) is 12.8 Å². The predicted molar refractivity (Wildman–Crippen MR) is 88.0 cm³/mol. The fourth-order valence-corrected chi connectivity index (χ4v) is 4.12. The molecule has 1 aromatic carbocycles. The summed E-state index contributed by atoms with van der Waals surface area (Å²) in [6, 6.07) is 5.76. The average Bonchev–Trinajstić information content (AvgIpc) is 2.84. The molecule has 1 heterocycles. The fourth-order valence-electron chi connectivity index (χ4n) is 1.89. The van der Waals surface area contributed by atoms with Crippen molar-refractivity contribution in [3.05, 3.63) is 28.7 Å². The van der Waals surface area contributed by atoms with Gasteiger partial charge in [0.25, 0.3) is 0 Å². The number of nitrogens with one attached hydrogen (secondary N) is 2. The largest absolute Gasteiger partial charge is 0.345 e. The summed E-state index contributed by atoms with van der Waals surface area (Å²) < 4.78 is 27.2. The summed E-state index contributed by atoms with van der Waals surface area (Å²) >= 11 is 4.44.